The molecule has 0 unspecified atom stereocenters. The molecule has 1 aromatic rings. The van der Waals surface area contributed by atoms with Gasteiger partial charge in [0.1, 0.15) is 5.82 Å². The third-order valence-corrected chi connectivity index (χ3v) is 3.33. The van der Waals surface area contributed by atoms with Crippen LogP contribution in [0.25, 0.3) is 0 Å². The Morgan fingerprint density at radius 1 is 1.29 bits per heavy atom. The maximum absolute atomic E-state index is 4.50. The average molecular weight is 234 g/mol. The minimum Gasteiger partial charge on any atom is -0.365 e. The largest absolute Gasteiger partial charge is 0.365 e. The van der Waals surface area contributed by atoms with Crippen LogP contribution in [0, 0.1) is 6.92 Å². The van der Waals surface area contributed by atoms with Crippen molar-refractivity contribution in [1.82, 2.24) is 9.97 Å². The number of rotatable bonds is 4. The number of hydrogen-bond donors (Lipinski definition) is 2. The van der Waals surface area contributed by atoms with Gasteiger partial charge in [-0.25, -0.2) is 4.98 Å². The number of aryl methyl sites for hydroxylation is 1. The standard InChI is InChI=1S/C13H22N4/c1-4-14-12-15-10(2)9-11(16-12)17-13(3)7-5-6-8-13/h9H,4-8H2,1-3H3,(H2,14,15,16,17). The van der Waals surface area contributed by atoms with Crippen molar-refractivity contribution >= 4 is 11.8 Å². The fourth-order valence-electron chi connectivity index (χ4n) is 2.46. The first kappa shape index (κ1) is 12.1. The van der Waals surface area contributed by atoms with E-state index in [0.29, 0.717) is 0 Å². The zero-order valence-corrected chi connectivity index (χ0v) is 11.0. The molecule has 0 amide bonds. The third kappa shape index (κ3) is 3.08. The maximum atomic E-state index is 4.50. The summed E-state index contributed by atoms with van der Waals surface area (Å²) in [7, 11) is 0. The lowest BCUT2D eigenvalue weighted by Crippen LogP contribution is -2.31. The molecule has 1 heterocycles. The molecule has 1 aliphatic rings. The van der Waals surface area contributed by atoms with Gasteiger partial charge in [0, 0.05) is 23.8 Å². The molecule has 17 heavy (non-hydrogen) atoms. The molecule has 4 heteroatoms. The predicted octanol–water partition coefficient (Wildman–Crippen LogP) is 2.96. The molecule has 0 aliphatic heterocycles. The molecule has 2 N–H and O–H groups in total. The van der Waals surface area contributed by atoms with Crippen LogP contribution in [0.3, 0.4) is 0 Å². The van der Waals surface area contributed by atoms with E-state index < -0.39 is 0 Å². The second kappa shape index (κ2) is 4.90. The Bertz CT molecular complexity index is 383. The Morgan fingerprint density at radius 2 is 2.00 bits per heavy atom. The average Bonchev–Trinajstić information content (AvgIpc) is 2.64. The number of aromatic nitrogens is 2. The molecule has 0 radical (unpaired) electrons. The molecule has 4 nitrogen and oxygen atoms in total. The lowest BCUT2D eigenvalue weighted by molar-refractivity contribution is 0.531. The van der Waals surface area contributed by atoms with Crippen LogP contribution in [-0.2, 0) is 0 Å². The molecule has 1 aliphatic carbocycles. The Hall–Kier alpha value is -1.32. The summed E-state index contributed by atoms with van der Waals surface area (Å²) in [4.78, 5) is 8.86. The van der Waals surface area contributed by atoms with Crippen LogP contribution >= 0.6 is 0 Å². The number of anilines is 2. The minimum atomic E-state index is 0.213. The Labute approximate surface area is 103 Å². The number of nitrogens with one attached hydrogen (secondary N) is 2. The second-order valence-corrected chi connectivity index (χ2v) is 5.14. The molecular weight excluding hydrogens is 212 g/mol. The predicted molar refractivity (Wildman–Crippen MR) is 71.4 cm³/mol. The highest BCUT2D eigenvalue weighted by Crippen LogP contribution is 2.32. The van der Waals surface area contributed by atoms with Gasteiger partial charge in [-0.15, -0.1) is 0 Å². The van der Waals surface area contributed by atoms with E-state index in [0.717, 1.165) is 24.0 Å². The monoisotopic (exact) mass is 234 g/mol. The van der Waals surface area contributed by atoms with Crippen LogP contribution in [0.4, 0.5) is 11.8 Å². The van der Waals surface area contributed by atoms with Gasteiger partial charge in [0.25, 0.3) is 0 Å². The second-order valence-electron chi connectivity index (χ2n) is 5.14. The molecule has 2 rings (SSSR count). The summed E-state index contributed by atoms with van der Waals surface area (Å²) in [6.45, 7) is 7.19. The van der Waals surface area contributed by atoms with Crippen LogP contribution in [0.5, 0.6) is 0 Å². The first-order valence-corrected chi connectivity index (χ1v) is 6.49. The number of nitrogens with zero attached hydrogens (tertiary/aromatic N) is 2. The van der Waals surface area contributed by atoms with Crippen molar-refractivity contribution in [2.75, 3.05) is 17.2 Å². The van der Waals surface area contributed by atoms with Crippen LogP contribution in [0.2, 0.25) is 0 Å². The van der Waals surface area contributed by atoms with E-state index in [1.54, 1.807) is 0 Å². The van der Waals surface area contributed by atoms with Gasteiger partial charge in [0.15, 0.2) is 0 Å². The molecule has 1 aromatic heterocycles. The highest BCUT2D eigenvalue weighted by atomic mass is 15.2. The summed E-state index contributed by atoms with van der Waals surface area (Å²) in [5.74, 6) is 1.66. The maximum Gasteiger partial charge on any atom is 0.224 e. The normalized spacial score (nSPS) is 18.1. The first-order chi connectivity index (χ1) is 8.11. The van der Waals surface area contributed by atoms with Gasteiger partial charge in [0.05, 0.1) is 0 Å². The molecule has 1 saturated carbocycles. The zero-order chi connectivity index (χ0) is 12.3. The van der Waals surface area contributed by atoms with Gasteiger partial charge in [-0.1, -0.05) is 12.8 Å². The molecule has 0 atom stereocenters. The molecule has 1 fully saturated rings. The van der Waals surface area contributed by atoms with E-state index >= 15 is 0 Å². The van der Waals surface area contributed by atoms with E-state index in [1.165, 1.54) is 25.7 Å². The Morgan fingerprint density at radius 3 is 2.65 bits per heavy atom. The van der Waals surface area contributed by atoms with Crippen molar-refractivity contribution in [3.8, 4) is 0 Å². The SMILES string of the molecule is CCNc1nc(C)cc(NC2(C)CCCC2)n1. The summed E-state index contributed by atoms with van der Waals surface area (Å²) >= 11 is 0. The van der Waals surface area contributed by atoms with Gasteiger partial charge in [-0.05, 0) is 33.6 Å². The van der Waals surface area contributed by atoms with Crippen LogP contribution in [0.1, 0.15) is 45.2 Å². The first-order valence-electron chi connectivity index (χ1n) is 6.49. The lowest BCUT2D eigenvalue weighted by Gasteiger charge is -2.26. The van der Waals surface area contributed by atoms with Crippen molar-refractivity contribution in [2.24, 2.45) is 0 Å². The third-order valence-electron chi connectivity index (χ3n) is 3.33. The summed E-state index contributed by atoms with van der Waals surface area (Å²) in [6.07, 6.45) is 5.08. The van der Waals surface area contributed by atoms with Gasteiger partial charge < -0.3 is 10.6 Å². The van der Waals surface area contributed by atoms with E-state index in [4.69, 9.17) is 0 Å². The van der Waals surface area contributed by atoms with Crippen molar-refractivity contribution < 1.29 is 0 Å². The van der Waals surface area contributed by atoms with Gasteiger partial charge >= 0.3 is 0 Å². The van der Waals surface area contributed by atoms with Gasteiger partial charge in [-0.3, -0.25) is 0 Å². The van der Waals surface area contributed by atoms with Crippen LogP contribution in [0.15, 0.2) is 6.07 Å². The van der Waals surface area contributed by atoms with Crippen molar-refractivity contribution in [3.63, 3.8) is 0 Å². The van der Waals surface area contributed by atoms with E-state index in [2.05, 4.69) is 34.4 Å². The highest BCUT2D eigenvalue weighted by molar-refractivity contribution is 5.44. The summed E-state index contributed by atoms with van der Waals surface area (Å²) in [5, 5.41) is 6.73. The fraction of sp³-hybridized carbons (Fsp3) is 0.692. The topological polar surface area (TPSA) is 49.8 Å². The lowest BCUT2D eigenvalue weighted by atomic mass is 10.0. The van der Waals surface area contributed by atoms with Crippen molar-refractivity contribution in [1.29, 1.82) is 0 Å². The molecule has 0 bridgehead atoms. The fourth-order valence-corrected chi connectivity index (χ4v) is 2.46. The van der Waals surface area contributed by atoms with Crippen LogP contribution in [-0.4, -0.2) is 22.1 Å². The molecule has 0 saturated heterocycles. The number of hydrogen-bond acceptors (Lipinski definition) is 4. The van der Waals surface area contributed by atoms with E-state index in [1.807, 2.05) is 13.0 Å². The van der Waals surface area contributed by atoms with Gasteiger partial charge in [0.2, 0.25) is 5.95 Å². The molecule has 94 valence electrons. The van der Waals surface area contributed by atoms with Gasteiger partial charge in [-0.2, -0.15) is 4.98 Å². The Balaban J connectivity index is 2.14. The summed E-state index contributed by atoms with van der Waals surface area (Å²) in [5.41, 5.74) is 1.21. The highest BCUT2D eigenvalue weighted by Gasteiger charge is 2.28. The molecule has 0 spiro atoms. The van der Waals surface area contributed by atoms with Crippen molar-refractivity contribution in [2.45, 2.75) is 52.0 Å². The van der Waals surface area contributed by atoms with Crippen molar-refractivity contribution in [3.05, 3.63) is 11.8 Å². The molecule has 0 aromatic carbocycles. The Kier molecular flexibility index (Phi) is 3.50. The summed E-state index contributed by atoms with van der Waals surface area (Å²) in [6, 6.07) is 2.02. The van der Waals surface area contributed by atoms with E-state index in [-0.39, 0.29) is 5.54 Å². The van der Waals surface area contributed by atoms with E-state index in [9.17, 15) is 0 Å². The summed E-state index contributed by atoms with van der Waals surface area (Å²) < 4.78 is 0. The van der Waals surface area contributed by atoms with Crippen LogP contribution < -0.4 is 10.6 Å². The quantitative estimate of drug-likeness (QED) is 0.841. The molecular formula is C13H22N4. The zero-order valence-electron chi connectivity index (χ0n) is 11.0. The minimum absolute atomic E-state index is 0.213. The smallest absolute Gasteiger partial charge is 0.224 e.